The van der Waals surface area contributed by atoms with Gasteiger partial charge in [-0.15, -0.1) is 0 Å². The molecule has 2 atom stereocenters. The number of anilines is 1. The first-order valence-corrected chi connectivity index (χ1v) is 15.6. The zero-order chi connectivity index (χ0) is 30.8. The van der Waals surface area contributed by atoms with Gasteiger partial charge >= 0.3 is 0 Å². The third-order valence-corrected chi connectivity index (χ3v) is 8.98. The Labute approximate surface area is 253 Å². The van der Waals surface area contributed by atoms with Gasteiger partial charge in [0.1, 0.15) is 18.4 Å². The van der Waals surface area contributed by atoms with E-state index in [1.165, 1.54) is 29.2 Å². The Bertz CT molecular complexity index is 1590. The van der Waals surface area contributed by atoms with E-state index in [9.17, 15) is 22.4 Å². The molecule has 0 saturated heterocycles. The Balaban J connectivity index is 1.78. The van der Waals surface area contributed by atoms with Crippen LogP contribution in [0.3, 0.4) is 0 Å². The standard InChI is InChI=1S/C34H36FN3O4S/c1-3-26(2)36-34(40)32(23-27-13-7-4-8-14-27)37(24-28-15-9-5-10-16-28)33(39)25-38(30-21-19-29(35)20-22-30)43(41,42)31-17-11-6-12-18-31/h4-22,26,32H,3,23-25H2,1-2H3,(H,36,40)/t26-,32-/m0/s1. The Morgan fingerprint density at radius 1 is 0.791 bits per heavy atom. The highest BCUT2D eigenvalue weighted by atomic mass is 32.2. The van der Waals surface area contributed by atoms with Crippen LogP contribution in [0.4, 0.5) is 10.1 Å². The lowest BCUT2D eigenvalue weighted by atomic mass is 10.0. The van der Waals surface area contributed by atoms with Crippen LogP contribution < -0.4 is 9.62 Å². The molecule has 0 radical (unpaired) electrons. The van der Waals surface area contributed by atoms with E-state index in [0.29, 0.717) is 6.42 Å². The molecule has 4 aromatic carbocycles. The molecular weight excluding hydrogens is 565 g/mol. The van der Waals surface area contributed by atoms with Crippen molar-refractivity contribution in [2.75, 3.05) is 10.8 Å². The normalized spacial score (nSPS) is 12.6. The number of carbonyl (C=O) groups excluding carboxylic acids is 2. The van der Waals surface area contributed by atoms with E-state index in [0.717, 1.165) is 27.6 Å². The Kier molecular flexibility index (Phi) is 10.7. The van der Waals surface area contributed by atoms with Crippen LogP contribution in [0.1, 0.15) is 31.4 Å². The molecule has 0 aliphatic heterocycles. The van der Waals surface area contributed by atoms with Crippen LogP contribution in [0.25, 0.3) is 0 Å². The lowest BCUT2D eigenvalue weighted by molar-refractivity contribution is -0.140. The summed E-state index contributed by atoms with van der Waals surface area (Å²) in [5.74, 6) is -1.45. The summed E-state index contributed by atoms with van der Waals surface area (Å²) in [4.78, 5) is 29.5. The molecule has 0 heterocycles. The largest absolute Gasteiger partial charge is 0.352 e. The predicted molar refractivity (Wildman–Crippen MR) is 166 cm³/mol. The van der Waals surface area contributed by atoms with Gasteiger partial charge in [-0.25, -0.2) is 12.8 Å². The van der Waals surface area contributed by atoms with E-state index in [4.69, 9.17) is 0 Å². The second kappa shape index (κ2) is 14.6. The minimum Gasteiger partial charge on any atom is -0.352 e. The van der Waals surface area contributed by atoms with Crippen molar-refractivity contribution in [3.8, 4) is 0 Å². The average Bonchev–Trinajstić information content (AvgIpc) is 3.03. The van der Waals surface area contributed by atoms with Crippen LogP contribution in [0.5, 0.6) is 0 Å². The van der Waals surface area contributed by atoms with Gasteiger partial charge in [-0.2, -0.15) is 0 Å². The fourth-order valence-corrected chi connectivity index (χ4v) is 6.07. The second-order valence-corrected chi connectivity index (χ2v) is 12.2. The van der Waals surface area contributed by atoms with Gasteiger partial charge in [-0.1, -0.05) is 85.8 Å². The summed E-state index contributed by atoms with van der Waals surface area (Å²) in [5, 5.41) is 3.01. The number of nitrogens with one attached hydrogen (secondary N) is 1. The van der Waals surface area contributed by atoms with Gasteiger partial charge in [0, 0.05) is 19.0 Å². The lowest BCUT2D eigenvalue weighted by Crippen LogP contribution is -2.54. The maximum Gasteiger partial charge on any atom is 0.264 e. The summed E-state index contributed by atoms with van der Waals surface area (Å²) in [6.07, 6.45) is 0.924. The number of hydrogen-bond donors (Lipinski definition) is 1. The second-order valence-electron chi connectivity index (χ2n) is 10.3. The van der Waals surface area contributed by atoms with Crippen molar-refractivity contribution in [3.05, 3.63) is 132 Å². The number of amides is 2. The fourth-order valence-electron chi connectivity index (χ4n) is 4.63. The van der Waals surface area contributed by atoms with E-state index in [2.05, 4.69) is 5.32 Å². The summed E-state index contributed by atoms with van der Waals surface area (Å²) in [5.41, 5.74) is 1.76. The van der Waals surface area contributed by atoms with Crippen molar-refractivity contribution in [1.82, 2.24) is 10.2 Å². The maximum absolute atomic E-state index is 14.3. The van der Waals surface area contributed by atoms with E-state index in [-0.39, 0.29) is 35.5 Å². The van der Waals surface area contributed by atoms with Crippen LogP contribution in [0.15, 0.2) is 120 Å². The molecule has 43 heavy (non-hydrogen) atoms. The molecule has 0 bridgehead atoms. The summed E-state index contributed by atoms with van der Waals surface area (Å²) >= 11 is 0. The van der Waals surface area contributed by atoms with Gasteiger partial charge in [0.2, 0.25) is 11.8 Å². The minimum atomic E-state index is -4.23. The van der Waals surface area contributed by atoms with E-state index in [1.54, 1.807) is 18.2 Å². The molecule has 224 valence electrons. The quantitative estimate of drug-likeness (QED) is 0.217. The molecule has 7 nitrogen and oxygen atoms in total. The molecule has 4 rings (SSSR count). The Hall–Kier alpha value is -4.50. The van der Waals surface area contributed by atoms with Crippen molar-refractivity contribution in [2.45, 2.75) is 50.2 Å². The summed E-state index contributed by atoms with van der Waals surface area (Å²) in [7, 11) is -4.23. The third kappa shape index (κ3) is 8.29. The number of benzene rings is 4. The molecule has 0 spiro atoms. The number of nitrogens with zero attached hydrogens (tertiary/aromatic N) is 2. The van der Waals surface area contributed by atoms with Crippen molar-refractivity contribution in [2.24, 2.45) is 0 Å². The topological polar surface area (TPSA) is 86.8 Å². The monoisotopic (exact) mass is 601 g/mol. The first-order valence-electron chi connectivity index (χ1n) is 14.2. The molecule has 0 aliphatic carbocycles. The molecule has 1 N–H and O–H groups in total. The van der Waals surface area contributed by atoms with Gasteiger partial charge in [-0.3, -0.25) is 13.9 Å². The van der Waals surface area contributed by atoms with Gasteiger partial charge in [0.25, 0.3) is 10.0 Å². The molecule has 0 saturated carbocycles. The predicted octanol–water partition coefficient (Wildman–Crippen LogP) is 5.58. The third-order valence-electron chi connectivity index (χ3n) is 7.19. The van der Waals surface area contributed by atoms with Gasteiger partial charge < -0.3 is 10.2 Å². The molecule has 0 aromatic heterocycles. The van der Waals surface area contributed by atoms with E-state index >= 15 is 0 Å². The number of carbonyl (C=O) groups is 2. The molecule has 0 unspecified atom stereocenters. The maximum atomic E-state index is 14.3. The van der Waals surface area contributed by atoms with Crippen LogP contribution >= 0.6 is 0 Å². The molecule has 0 fully saturated rings. The van der Waals surface area contributed by atoms with Gasteiger partial charge in [0.15, 0.2) is 0 Å². The van der Waals surface area contributed by atoms with Crippen LogP contribution in [-0.2, 0) is 32.6 Å². The first-order chi connectivity index (χ1) is 20.7. The van der Waals surface area contributed by atoms with Crippen molar-refractivity contribution in [3.63, 3.8) is 0 Å². The number of halogens is 1. The minimum absolute atomic E-state index is 0.0166. The summed E-state index contributed by atoms with van der Waals surface area (Å²) in [6, 6.07) is 30.3. The Morgan fingerprint density at radius 2 is 1.33 bits per heavy atom. The SMILES string of the molecule is CC[C@H](C)NC(=O)[C@H](Cc1ccccc1)N(Cc1ccccc1)C(=O)CN(c1ccc(F)cc1)S(=O)(=O)c1ccccc1. The first kappa shape index (κ1) is 31.4. The Morgan fingerprint density at radius 3 is 1.88 bits per heavy atom. The highest BCUT2D eigenvalue weighted by Crippen LogP contribution is 2.25. The number of sulfonamides is 1. The van der Waals surface area contributed by atoms with Crippen LogP contribution in [0.2, 0.25) is 0 Å². The van der Waals surface area contributed by atoms with Crippen molar-refractivity contribution < 1.29 is 22.4 Å². The van der Waals surface area contributed by atoms with Gasteiger partial charge in [-0.05, 0) is 60.9 Å². The smallest absolute Gasteiger partial charge is 0.264 e. The summed E-state index contributed by atoms with van der Waals surface area (Å²) in [6.45, 7) is 3.33. The van der Waals surface area contributed by atoms with Crippen molar-refractivity contribution in [1.29, 1.82) is 0 Å². The summed E-state index contributed by atoms with van der Waals surface area (Å²) < 4.78 is 42.6. The number of rotatable bonds is 13. The van der Waals surface area contributed by atoms with E-state index < -0.39 is 34.3 Å². The number of hydrogen-bond acceptors (Lipinski definition) is 4. The van der Waals surface area contributed by atoms with Crippen LogP contribution in [-0.4, -0.2) is 43.8 Å². The fraction of sp³-hybridized carbons (Fsp3) is 0.235. The average molecular weight is 602 g/mol. The highest BCUT2D eigenvalue weighted by Gasteiger charge is 2.34. The lowest BCUT2D eigenvalue weighted by Gasteiger charge is -2.34. The zero-order valence-corrected chi connectivity index (χ0v) is 25.1. The highest BCUT2D eigenvalue weighted by molar-refractivity contribution is 7.92. The molecular formula is C34H36FN3O4S. The van der Waals surface area contributed by atoms with Crippen LogP contribution in [0, 0.1) is 5.82 Å². The molecule has 4 aromatic rings. The zero-order valence-electron chi connectivity index (χ0n) is 24.3. The van der Waals surface area contributed by atoms with Gasteiger partial charge in [0.05, 0.1) is 10.6 Å². The molecule has 0 aliphatic rings. The van der Waals surface area contributed by atoms with Crippen molar-refractivity contribution >= 4 is 27.5 Å². The molecule has 2 amide bonds. The molecule has 9 heteroatoms. The van der Waals surface area contributed by atoms with E-state index in [1.807, 2.05) is 74.5 Å².